The van der Waals surface area contributed by atoms with E-state index in [-0.39, 0.29) is 23.8 Å². The number of tetrazole rings is 1. The van der Waals surface area contributed by atoms with Gasteiger partial charge in [-0.3, -0.25) is 0 Å². The number of nitrogens with one attached hydrogen (secondary N) is 2. The first-order chi connectivity index (χ1) is 8.53. The van der Waals surface area contributed by atoms with Gasteiger partial charge < -0.3 is 10.3 Å². The SMILES string of the molecule is Cn1cc(S(=O)(=O)NCc2nn[nH]n2)cc1CN. The first-order valence-electron chi connectivity index (χ1n) is 5.10. The van der Waals surface area contributed by atoms with E-state index >= 15 is 0 Å². The summed E-state index contributed by atoms with van der Waals surface area (Å²) in [7, 11) is -1.86. The standard InChI is InChI=1S/C8H13N7O2S/c1-15-5-7(2-6(15)3-9)18(16,17)10-4-8-11-13-14-12-8/h2,5,10H,3-4,9H2,1H3,(H,11,12,13,14). The maximum atomic E-state index is 12.0. The minimum Gasteiger partial charge on any atom is -0.352 e. The Balaban J connectivity index is 2.14. The molecule has 2 heterocycles. The summed E-state index contributed by atoms with van der Waals surface area (Å²) >= 11 is 0. The van der Waals surface area contributed by atoms with Crippen LogP contribution in [0, 0.1) is 0 Å². The van der Waals surface area contributed by atoms with Gasteiger partial charge in [0.25, 0.3) is 0 Å². The third-order valence-electron chi connectivity index (χ3n) is 2.41. The van der Waals surface area contributed by atoms with Gasteiger partial charge in [-0.2, -0.15) is 5.21 Å². The Hall–Kier alpha value is -1.78. The quantitative estimate of drug-likeness (QED) is 0.605. The molecule has 2 aromatic heterocycles. The van der Waals surface area contributed by atoms with E-state index in [0.29, 0.717) is 0 Å². The first kappa shape index (κ1) is 12.7. The van der Waals surface area contributed by atoms with Gasteiger partial charge in [0.1, 0.15) is 0 Å². The molecular weight excluding hydrogens is 258 g/mol. The molecule has 18 heavy (non-hydrogen) atoms. The van der Waals surface area contributed by atoms with Gasteiger partial charge in [0.15, 0.2) is 5.82 Å². The molecule has 0 bridgehead atoms. The lowest BCUT2D eigenvalue weighted by Gasteiger charge is -2.01. The summed E-state index contributed by atoms with van der Waals surface area (Å²) in [5.74, 6) is 0.272. The molecule has 0 aliphatic carbocycles. The van der Waals surface area contributed by atoms with Crippen LogP contribution in [0.25, 0.3) is 0 Å². The van der Waals surface area contributed by atoms with Crippen molar-refractivity contribution in [1.82, 2.24) is 29.9 Å². The van der Waals surface area contributed by atoms with Crippen LogP contribution in [-0.2, 0) is 30.2 Å². The smallest absolute Gasteiger partial charge is 0.242 e. The molecule has 0 aromatic carbocycles. The van der Waals surface area contributed by atoms with E-state index < -0.39 is 10.0 Å². The summed E-state index contributed by atoms with van der Waals surface area (Å²) in [6.45, 7) is 0.253. The van der Waals surface area contributed by atoms with Crippen LogP contribution in [0.15, 0.2) is 17.2 Å². The number of hydrogen-bond donors (Lipinski definition) is 3. The van der Waals surface area contributed by atoms with E-state index in [4.69, 9.17) is 5.73 Å². The highest BCUT2D eigenvalue weighted by molar-refractivity contribution is 7.89. The van der Waals surface area contributed by atoms with E-state index in [9.17, 15) is 8.42 Å². The van der Waals surface area contributed by atoms with E-state index in [1.54, 1.807) is 11.6 Å². The van der Waals surface area contributed by atoms with Crippen molar-refractivity contribution in [3.8, 4) is 0 Å². The number of nitrogens with two attached hydrogens (primary N) is 1. The average Bonchev–Trinajstić information content (AvgIpc) is 2.95. The third-order valence-corrected chi connectivity index (χ3v) is 3.78. The summed E-state index contributed by atoms with van der Waals surface area (Å²) in [6.07, 6.45) is 1.50. The fourth-order valence-corrected chi connectivity index (χ4v) is 2.50. The lowest BCUT2D eigenvalue weighted by Crippen LogP contribution is -2.23. The lowest BCUT2D eigenvalue weighted by molar-refractivity contribution is 0.579. The third kappa shape index (κ3) is 2.55. The lowest BCUT2D eigenvalue weighted by atomic mass is 10.4. The molecule has 4 N–H and O–H groups in total. The molecule has 0 amide bonds. The van der Waals surface area contributed by atoms with Gasteiger partial charge in [0, 0.05) is 25.5 Å². The van der Waals surface area contributed by atoms with Crippen LogP contribution in [0.2, 0.25) is 0 Å². The van der Waals surface area contributed by atoms with E-state index in [1.165, 1.54) is 12.3 Å². The fourth-order valence-electron chi connectivity index (χ4n) is 1.43. The van der Waals surface area contributed by atoms with Crippen molar-refractivity contribution in [2.75, 3.05) is 0 Å². The van der Waals surface area contributed by atoms with Crippen LogP contribution in [-0.4, -0.2) is 33.6 Å². The molecular formula is C8H13N7O2S. The maximum Gasteiger partial charge on any atom is 0.242 e. The zero-order valence-electron chi connectivity index (χ0n) is 9.66. The molecule has 10 heteroatoms. The molecule has 0 saturated heterocycles. The molecule has 0 saturated carbocycles. The van der Waals surface area contributed by atoms with Crippen molar-refractivity contribution in [3.05, 3.63) is 23.8 Å². The van der Waals surface area contributed by atoms with Gasteiger partial charge in [-0.1, -0.05) is 5.21 Å². The second kappa shape index (κ2) is 4.84. The molecule has 0 radical (unpaired) electrons. The highest BCUT2D eigenvalue weighted by Gasteiger charge is 2.17. The molecule has 9 nitrogen and oxygen atoms in total. The van der Waals surface area contributed by atoms with Gasteiger partial charge in [-0.25, -0.2) is 13.1 Å². The van der Waals surface area contributed by atoms with Crippen LogP contribution in [0.4, 0.5) is 0 Å². The Morgan fingerprint density at radius 2 is 2.33 bits per heavy atom. The van der Waals surface area contributed by atoms with Crippen LogP contribution >= 0.6 is 0 Å². The Morgan fingerprint density at radius 1 is 1.56 bits per heavy atom. The number of hydrogen-bond acceptors (Lipinski definition) is 6. The highest BCUT2D eigenvalue weighted by atomic mass is 32.2. The summed E-state index contributed by atoms with van der Waals surface area (Å²) in [5.41, 5.74) is 6.22. The van der Waals surface area contributed by atoms with Crippen LogP contribution in [0.1, 0.15) is 11.5 Å². The van der Waals surface area contributed by atoms with Crippen molar-refractivity contribution in [2.45, 2.75) is 18.0 Å². The summed E-state index contributed by atoms with van der Waals surface area (Å²) in [6, 6.07) is 1.53. The molecule has 0 aliphatic heterocycles. The van der Waals surface area contributed by atoms with E-state index in [2.05, 4.69) is 25.3 Å². The van der Waals surface area contributed by atoms with Gasteiger partial charge >= 0.3 is 0 Å². The minimum absolute atomic E-state index is 0.0221. The number of aromatic nitrogens is 5. The molecule has 2 rings (SSSR count). The summed E-state index contributed by atoms with van der Waals surface area (Å²) in [5, 5.41) is 12.9. The Morgan fingerprint density at radius 3 is 2.89 bits per heavy atom. The number of aromatic amines is 1. The molecule has 98 valence electrons. The maximum absolute atomic E-state index is 12.0. The monoisotopic (exact) mass is 271 g/mol. The zero-order chi connectivity index (χ0) is 13.2. The van der Waals surface area contributed by atoms with E-state index in [1.807, 2.05) is 0 Å². The number of rotatable bonds is 5. The summed E-state index contributed by atoms with van der Waals surface area (Å²) in [4.78, 5) is 0.161. The van der Waals surface area contributed by atoms with Gasteiger partial charge in [0.2, 0.25) is 10.0 Å². The predicted molar refractivity (Wildman–Crippen MR) is 61.5 cm³/mol. The molecule has 0 aliphatic rings. The van der Waals surface area contributed by atoms with E-state index in [0.717, 1.165) is 5.69 Å². The van der Waals surface area contributed by atoms with Gasteiger partial charge in [-0.05, 0) is 6.07 Å². The Bertz CT molecular complexity index is 616. The van der Waals surface area contributed by atoms with Crippen molar-refractivity contribution in [1.29, 1.82) is 0 Å². The minimum atomic E-state index is -3.60. The number of aryl methyl sites for hydroxylation is 1. The van der Waals surface area contributed by atoms with Crippen molar-refractivity contribution in [3.63, 3.8) is 0 Å². The van der Waals surface area contributed by atoms with Gasteiger partial charge in [0.05, 0.1) is 11.4 Å². The number of H-pyrrole nitrogens is 1. The van der Waals surface area contributed by atoms with Gasteiger partial charge in [-0.15, -0.1) is 10.2 Å². The predicted octanol–water partition coefficient (Wildman–Crippen LogP) is -1.52. The number of sulfonamides is 1. The average molecular weight is 271 g/mol. The van der Waals surface area contributed by atoms with Crippen molar-refractivity contribution < 1.29 is 8.42 Å². The Kier molecular flexibility index (Phi) is 3.41. The molecule has 0 atom stereocenters. The largest absolute Gasteiger partial charge is 0.352 e. The topological polar surface area (TPSA) is 132 Å². The normalized spacial score (nSPS) is 11.9. The summed E-state index contributed by atoms with van der Waals surface area (Å²) < 4.78 is 28.0. The van der Waals surface area contributed by atoms with Crippen LogP contribution in [0.5, 0.6) is 0 Å². The van der Waals surface area contributed by atoms with Crippen molar-refractivity contribution >= 4 is 10.0 Å². The molecule has 0 spiro atoms. The van der Waals surface area contributed by atoms with Crippen LogP contribution < -0.4 is 10.5 Å². The molecule has 0 unspecified atom stereocenters. The zero-order valence-corrected chi connectivity index (χ0v) is 10.5. The Labute approximate surface area is 103 Å². The van der Waals surface area contributed by atoms with Crippen LogP contribution in [0.3, 0.4) is 0 Å². The highest BCUT2D eigenvalue weighted by Crippen LogP contribution is 2.12. The second-order valence-electron chi connectivity index (χ2n) is 3.63. The second-order valence-corrected chi connectivity index (χ2v) is 5.40. The molecule has 0 fully saturated rings. The fraction of sp³-hybridized carbons (Fsp3) is 0.375. The molecule has 2 aromatic rings. The first-order valence-corrected chi connectivity index (χ1v) is 6.58. The van der Waals surface area contributed by atoms with Crippen molar-refractivity contribution in [2.24, 2.45) is 12.8 Å². The number of nitrogens with zero attached hydrogens (tertiary/aromatic N) is 4.